The predicted octanol–water partition coefficient (Wildman–Crippen LogP) is 2.63. The van der Waals surface area contributed by atoms with E-state index in [1.807, 2.05) is 18.2 Å². The molecule has 1 aromatic rings. The van der Waals surface area contributed by atoms with Gasteiger partial charge in [0.05, 0.1) is 6.54 Å². The zero-order chi connectivity index (χ0) is 11.6. The van der Waals surface area contributed by atoms with Crippen molar-refractivity contribution < 1.29 is 4.79 Å². The largest absolute Gasteiger partial charge is 0.298 e. The molecule has 0 atom stereocenters. The van der Waals surface area contributed by atoms with Crippen molar-refractivity contribution >= 4 is 5.78 Å². The lowest BCUT2D eigenvalue weighted by Crippen LogP contribution is -2.50. The van der Waals surface area contributed by atoms with Crippen LogP contribution in [0, 0.1) is 0 Å². The second kappa shape index (κ2) is 4.38. The number of hydrogen-bond donors (Lipinski definition) is 0. The van der Waals surface area contributed by atoms with Crippen LogP contribution in [0.1, 0.15) is 32.3 Å². The topological polar surface area (TPSA) is 20.3 Å². The number of Topliss-reactive ketones (excluding diaryl/α,β-unsaturated/α-hetero) is 1. The van der Waals surface area contributed by atoms with Gasteiger partial charge in [-0.3, -0.25) is 9.69 Å². The lowest BCUT2D eigenvalue weighted by molar-refractivity contribution is -0.126. The molecular formula is C14H19NO. The maximum absolute atomic E-state index is 11.5. The number of rotatable bonds is 2. The fourth-order valence-electron chi connectivity index (χ4n) is 2.18. The molecule has 86 valence electrons. The van der Waals surface area contributed by atoms with E-state index in [0.29, 0.717) is 12.3 Å². The number of carbonyl (C=O) groups is 1. The Morgan fingerprint density at radius 1 is 1.25 bits per heavy atom. The number of nitrogens with zero attached hydrogens (tertiary/aromatic N) is 1. The molecule has 2 heteroatoms. The number of carbonyl (C=O) groups excluding carboxylic acids is 1. The van der Waals surface area contributed by atoms with Crippen LogP contribution < -0.4 is 0 Å². The summed E-state index contributed by atoms with van der Waals surface area (Å²) < 4.78 is 0. The van der Waals surface area contributed by atoms with Crippen molar-refractivity contribution in [3.63, 3.8) is 0 Å². The lowest BCUT2D eigenvalue weighted by Gasteiger charge is -2.41. The van der Waals surface area contributed by atoms with E-state index in [4.69, 9.17) is 0 Å². The van der Waals surface area contributed by atoms with Crippen LogP contribution in [-0.2, 0) is 11.3 Å². The van der Waals surface area contributed by atoms with Crippen LogP contribution in [0.3, 0.4) is 0 Å². The SMILES string of the molecule is CC1(C)CCC(=O)CN1Cc1ccccc1. The fourth-order valence-corrected chi connectivity index (χ4v) is 2.18. The van der Waals surface area contributed by atoms with E-state index in [1.165, 1.54) is 5.56 Å². The number of piperidine rings is 1. The van der Waals surface area contributed by atoms with Crippen molar-refractivity contribution in [2.45, 2.75) is 38.8 Å². The Labute approximate surface area is 97.3 Å². The van der Waals surface area contributed by atoms with Crippen LogP contribution in [-0.4, -0.2) is 22.8 Å². The number of hydrogen-bond acceptors (Lipinski definition) is 2. The Morgan fingerprint density at radius 3 is 2.62 bits per heavy atom. The summed E-state index contributed by atoms with van der Waals surface area (Å²) in [6, 6.07) is 10.4. The first kappa shape index (κ1) is 11.3. The average molecular weight is 217 g/mol. The van der Waals surface area contributed by atoms with Gasteiger partial charge in [0, 0.05) is 18.5 Å². The van der Waals surface area contributed by atoms with Gasteiger partial charge in [0.1, 0.15) is 5.78 Å². The van der Waals surface area contributed by atoms with Crippen molar-refractivity contribution in [1.82, 2.24) is 4.90 Å². The number of likely N-dealkylation sites (tertiary alicyclic amines) is 1. The third-order valence-electron chi connectivity index (χ3n) is 3.46. The molecule has 0 amide bonds. The molecule has 2 rings (SSSR count). The molecule has 1 aliphatic heterocycles. The quantitative estimate of drug-likeness (QED) is 0.759. The van der Waals surface area contributed by atoms with Gasteiger partial charge in [-0.15, -0.1) is 0 Å². The monoisotopic (exact) mass is 217 g/mol. The highest BCUT2D eigenvalue weighted by molar-refractivity contribution is 5.81. The molecule has 0 aliphatic carbocycles. The Morgan fingerprint density at radius 2 is 1.94 bits per heavy atom. The maximum atomic E-state index is 11.5. The van der Waals surface area contributed by atoms with Crippen molar-refractivity contribution in [3.05, 3.63) is 35.9 Å². The van der Waals surface area contributed by atoms with E-state index < -0.39 is 0 Å². The molecule has 16 heavy (non-hydrogen) atoms. The first-order valence-corrected chi connectivity index (χ1v) is 5.89. The first-order chi connectivity index (χ1) is 7.58. The molecule has 2 nitrogen and oxygen atoms in total. The van der Waals surface area contributed by atoms with Gasteiger partial charge in [0.2, 0.25) is 0 Å². The van der Waals surface area contributed by atoms with E-state index in [0.717, 1.165) is 19.4 Å². The molecule has 0 aromatic heterocycles. The second-order valence-corrected chi connectivity index (χ2v) is 5.19. The van der Waals surface area contributed by atoms with E-state index in [-0.39, 0.29) is 5.54 Å². The Hall–Kier alpha value is -1.15. The molecule has 1 aromatic carbocycles. The number of ketones is 1. The maximum Gasteiger partial charge on any atom is 0.146 e. The molecule has 0 bridgehead atoms. The first-order valence-electron chi connectivity index (χ1n) is 5.89. The summed E-state index contributed by atoms with van der Waals surface area (Å²) in [5.74, 6) is 0.371. The predicted molar refractivity (Wildman–Crippen MR) is 65.2 cm³/mol. The van der Waals surface area contributed by atoms with Gasteiger partial charge in [0.15, 0.2) is 0 Å². The van der Waals surface area contributed by atoms with Gasteiger partial charge in [-0.25, -0.2) is 0 Å². The molecule has 1 aliphatic rings. The minimum absolute atomic E-state index is 0.143. The molecule has 0 saturated carbocycles. The third-order valence-corrected chi connectivity index (χ3v) is 3.46. The van der Waals surface area contributed by atoms with E-state index >= 15 is 0 Å². The van der Waals surface area contributed by atoms with E-state index in [2.05, 4.69) is 30.9 Å². The van der Waals surface area contributed by atoms with Crippen LogP contribution >= 0.6 is 0 Å². The molecule has 1 fully saturated rings. The molecule has 0 radical (unpaired) electrons. The van der Waals surface area contributed by atoms with Crippen molar-refractivity contribution in [2.24, 2.45) is 0 Å². The highest BCUT2D eigenvalue weighted by Gasteiger charge is 2.32. The fraction of sp³-hybridized carbons (Fsp3) is 0.500. The summed E-state index contributed by atoms with van der Waals surface area (Å²) in [7, 11) is 0. The smallest absolute Gasteiger partial charge is 0.146 e. The minimum Gasteiger partial charge on any atom is -0.298 e. The van der Waals surface area contributed by atoms with Crippen molar-refractivity contribution in [2.75, 3.05) is 6.54 Å². The molecule has 1 heterocycles. The summed E-state index contributed by atoms with van der Waals surface area (Å²) in [4.78, 5) is 13.8. The zero-order valence-electron chi connectivity index (χ0n) is 10.1. The van der Waals surface area contributed by atoms with Crippen LogP contribution in [0.15, 0.2) is 30.3 Å². The normalized spacial score (nSPS) is 21.0. The summed E-state index contributed by atoms with van der Waals surface area (Å²) in [5, 5.41) is 0. The summed E-state index contributed by atoms with van der Waals surface area (Å²) >= 11 is 0. The minimum atomic E-state index is 0.143. The van der Waals surface area contributed by atoms with Gasteiger partial charge in [-0.05, 0) is 25.8 Å². The average Bonchev–Trinajstić information content (AvgIpc) is 2.26. The lowest BCUT2D eigenvalue weighted by atomic mass is 9.89. The van der Waals surface area contributed by atoms with Crippen LogP contribution in [0.25, 0.3) is 0 Å². The molecule has 0 unspecified atom stereocenters. The second-order valence-electron chi connectivity index (χ2n) is 5.19. The standard InChI is InChI=1S/C14H19NO/c1-14(2)9-8-13(16)11-15(14)10-12-6-4-3-5-7-12/h3-7H,8-11H2,1-2H3. The summed E-state index contributed by atoms with van der Waals surface area (Å²) in [5.41, 5.74) is 1.43. The molecule has 1 saturated heterocycles. The highest BCUT2D eigenvalue weighted by Crippen LogP contribution is 2.27. The Balaban J connectivity index is 2.10. The highest BCUT2D eigenvalue weighted by atomic mass is 16.1. The number of benzene rings is 1. The van der Waals surface area contributed by atoms with Gasteiger partial charge in [-0.2, -0.15) is 0 Å². The van der Waals surface area contributed by atoms with E-state index in [9.17, 15) is 4.79 Å². The molecular weight excluding hydrogens is 198 g/mol. The zero-order valence-corrected chi connectivity index (χ0v) is 10.1. The van der Waals surface area contributed by atoms with Gasteiger partial charge < -0.3 is 0 Å². The van der Waals surface area contributed by atoms with Crippen LogP contribution in [0.4, 0.5) is 0 Å². The van der Waals surface area contributed by atoms with Gasteiger partial charge in [-0.1, -0.05) is 30.3 Å². The summed E-state index contributed by atoms with van der Waals surface area (Å²) in [6.07, 6.45) is 1.71. The van der Waals surface area contributed by atoms with Gasteiger partial charge >= 0.3 is 0 Å². The van der Waals surface area contributed by atoms with Crippen LogP contribution in [0.2, 0.25) is 0 Å². The molecule has 0 N–H and O–H groups in total. The van der Waals surface area contributed by atoms with E-state index in [1.54, 1.807) is 0 Å². The Bertz CT molecular complexity index is 370. The van der Waals surface area contributed by atoms with Crippen molar-refractivity contribution in [3.8, 4) is 0 Å². The van der Waals surface area contributed by atoms with Gasteiger partial charge in [0.25, 0.3) is 0 Å². The van der Waals surface area contributed by atoms with Crippen molar-refractivity contribution in [1.29, 1.82) is 0 Å². The Kier molecular flexibility index (Phi) is 3.10. The summed E-state index contributed by atoms with van der Waals surface area (Å²) in [6.45, 7) is 5.92. The van der Waals surface area contributed by atoms with Crippen LogP contribution in [0.5, 0.6) is 0 Å². The molecule has 0 spiro atoms. The third kappa shape index (κ3) is 2.50.